The van der Waals surface area contributed by atoms with E-state index < -0.39 is 5.97 Å². The van der Waals surface area contributed by atoms with E-state index in [4.69, 9.17) is 5.11 Å². The van der Waals surface area contributed by atoms with E-state index in [0.29, 0.717) is 5.56 Å². The molecule has 0 heterocycles. The fourth-order valence-electron chi connectivity index (χ4n) is 2.31. The minimum absolute atomic E-state index is 0.393. The van der Waals surface area contributed by atoms with Crippen LogP contribution in [0.15, 0.2) is 24.3 Å². The second-order valence-electron chi connectivity index (χ2n) is 4.67. The molecule has 0 aromatic heterocycles. The molecule has 92 valence electrons. The van der Waals surface area contributed by atoms with Crippen molar-refractivity contribution in [2.75, 3.05) is 5.75 Å². The summed E-state index contributed by atoms with van der Waals surface area (Å²) < 4.78 is 0. The van der Waals surface area contributed by atoms with Crippen LogP contribution >= 0.6 is 11.8 Å². The van der Waals surface area contributed by atoms with Crippen molar-refractivity contribution >= 4 is 17.7 Å². The van der Waals surface area contributed by atoms with Gasteiger partial charge >= 0.3 is 5.97 Å². The second-order valence-corrected chi connectivity index (χ2v) is 5.70. The number of rotatable bonds is 5. The van der Waals surface area contributed by atoms with Crippen molar-refractivity contribution in [3.8, 4) is 0 Å². The summed E-state index contributed by atoms with van der Waals surface area (Å²) in [7, 11) is 0. The average Bonchev–Trinajstić information content (AvgIpc) is 2.82. The highest BCUT2D eigenvalue weighted by atomic mass is 32.2. The van der Waals surface area contributed by atoms with Crippen LogP contribution in [0.2, 0.25) is 0 Å². The fourth-order valence-corrected chi connectivity index (χ4v) is 3.51. The van der Waals surface area contributed by atoms with Gasteiger partial charge < -0.3 is 5.11 Å². The van der Waals surface area contributed by atoms with Gasteiger partial charge in [-0.1, -0.05) is 25.0 Å². The van der Waals surface area contributed by atoms with Gasteiger partial charge in [0.15, 0.2) is 0 Å². The molecule has 2 rings (SSSR count). The molecule has 1 fully saturated rings. The zero-order valence-corrected chi connectivity index (χ0v) is 10.7. The smallest absolute Gasteiger partial charge is 0.335 e. The largest absolute Gasteiger partial charge is 0.478 e. The molecule has 3 heteroatoms. The Balaban J connectivity index is 1.81. The monoisotopic (exact) mass is 250 g/mol. The molecule has 0 atom stereocenters. The van der Waals surface area contributed by atoms with Crippen LogP contribution < -0.4 is 0 Å². The molecule has 1 aliphatic rings. The lowest BCUT2D eigenvalue weighted by Gasteiger charge is -2.08. The predicted octanol–water partition coefficient (Wildman–Crippen LogP) is 3.81. The molecule has 0 saturated heterocycles. The van der Waals surface area contributed by atoms with Crippen molar-refractivity contribution in [1.29, 1.82) is 0 Å². The molecule has 1 N–H and O–H groups in total. The molecular weight excluding hydrogens is 232 g/mol. The highest BCUT2D eigenvalue weighted by molar-refractivity contribution is 7.98. The first kappa shape index (κ1) is 12.5. The van der Waals surface area contributed by atoms with E-state index in [2.05, 4.69) is 0 Å². The van der Waals surface area contributed by atoms with E-state index in [0.717, 1.165) is 17.2 Å². The van der Waals surface area contributed by atoms with E-state index in [9.17, 15) is 4.79 Å². The van der Waals surface area contributed by atoms with Crippen molar-refractivity contribution in [2.45, 2.75) is 31.4 Å². The van der Waals surface area contributed by atoms with Crippen LogP contribution in [0.5, 0.6) is 0 Å². The number of hydrogen-bond donors (Lipinski definition) is 1. The molecule has 1 saturated carbocycles. The molecule has 0 amide bonds. The van der Waals surface area contributed by atoms with Crippen molar-refractivity contribution in [2.24, 2.45) is 5.92 Å². The summed E-state index contributed by atoms with van der Waals surface area (Å²) in [6.45, 7) is 0. The zero-order chi connectivity index (χ0) is 12.1. The van der Waals surface area contributed by atoms with E-state index in [1.165, 1.54) is 31.4 Å². The Morgan fingerprint density at radius 1 is 1.35 bits per heavy atom. The summed E-state index contributed by atoms with van der Waals surface area (Å²) >= 11 is 1.93. The molecule has 2 nitrogen and oxygen atoms in total. The Bertz CT molecular complexity index is 384. The maximum absolute atomic E-state index is 10.8. The molecule has 0 radical (unpaired) electrons. The lowest BCUT2D eigenvalue weighted by atomic mass is 10.1. The molecular formula is C14H18O2S. The lowest BCUT2D eigenvalue weighted by molar-refractivity contribution is 0.0697. The summed E-state index contributed by atoms with van der Waals surface area (Å²) in [6.07, 6.45) is 5.53. The first-order valence-corrected chi connectivity index (χ1v) is 7.31. The van der Waals surface area contributed by atoms with Gasteiger partial charge in [-0.15, -0.1) is 0 Å². The van der Waals surface area contributed by atoms with Crippen LogP contribution in [0.25, 0.3) is 0 Å². The number of carbonyl (C=O) groups is 1. The number of thioether (sulfide) groups is 1. The standard InChI is InChI=1S/C14H18O2S/c15-14(16)13-7-3-6-12(8-13)10-17-9-11-4-1-2-5-11/h3,6-8,11H,1-2,4-5,9-10H2,(H,15,16). The van der Waals surface area contributed by atoms with Gasteiger partial charge in [0.2, 0.25) is 0 Å². The van der Waals surface area contributed by atoms with Gasteiger partial charge in [0.05, 0.1) is 5.56 Å². The Morgan fingerprint density at radius 3 is 2.82 bits per heavy atom. The summed E-state index contributed by atoms with van der Waals surface area (Å²) in [5.74, 6) is 2.20. The van der Waals surface area contributed by atoms with E-state index in [1.54, 1.807) is 12.1 Å². The highest BCUT2D eigenvalue weighted by Crippen LogP contribution is 2.29. The van der Waals surface area contributed by atoms with Gasteiger partial charge in [0.25, 0.3) is 0 Å². The summed E-state index contributed by atoms with van der Waals surface area (Å²) in [4.78, 5) is 10.8. The molecule has 17 heavy (non-hydrogen) atoms. The van der Waals surface area contributed by atoms with Crippen molar-refractivity contribution in [3.05, 3.63) is 35.4 Å². The molecule has 1 aromatic rings. The Kier molecular flexibility index (Phi) is 4.49. The van der Waals surface area contributed by atoms with Crippen LogP contribution in [0, 0.1) is 5.92 Å². The number of carboxylic acids is 1. The van der Waals surface area contributed by atoms with E-state index in [1.807, 2.05) is 23.9 Å². The topological polar surface area (TPSA) is 37.3 Å². The Labute approximate surface area is 106 Å². The lowest BCUT2D eigenvalue weighted by Crippen LogP contribution is -1.99. The molecule has 0 unspecified atom stereocenters. The van der Waals surface area contributed by atoms with Crippen LogP contribution in [0.4, 0.5) is 0 Å². The highest BCUT2D eigenvalue weighted by Gasteiger charge is 2.14. The number of carboxylic acid groups (broad SMARTS) is 1. The van der Waals surface area contributed by atoms with E-state index in [-0.39, 0.29) is 0 Å². The summed E-state index contributed by atoms with van der Waals surface area (Å²) in [5.41, 5.74) is 1.51. The normalized spacial score (nSPS) is 16.2. The first-order valence-electron chi connectivity index (χ1n) is 6.15. The van der Waals surface area contributed by atoms with Crippen LogP contribution in [-0.4, -0.2) is 16.8 Å². The van der Waals surface area contributed by atoms with Crippen molar-refractivity contribution in [3.63, 3.8) is 0 Å². The zero-order valence-electron chi connectivity index (χ0n) is 9.89. The van der Waals surface area contributed by atoms with Gasteiger partial charge in [0, 0.05) is 5.75 Å². The predicted molar refractivity (Wildman–Crippen MR) is 71.5 cm³/mol. The number of aromatic carboxylic acids is 1. The number of benzene rings is 1. The molecule has 1 aromatic carbocycles. The quantitative estimate of drug-likeness (QED) is 0.863. The molecule has 0 bridgehead atoms. The van der Waals surface area contributed by atoms with Gasteiger partial charge in [-0.05, 0) is 42.2 Å². The van der Waals surface area contributed by atoms with Gasteiger partial charge in [-0.2, -0.15) is 11.8 Å². The van der Waals surface area contributed by atoms with Crippen LogP contribution in [0.1, 0.15) is 41.6 Å². The van der Waals surface area contributed by atoms with Gasteiger partial charge in [0.1, 0.15) is 0 Å². The summed E-state index contributed by atoms with van der Waals surface area (Å²) in [5, 5.41) is 8.90. The van der Waals surface area contributed by atoms with Crippen molar-refractivity contribution < 1.29 is 9.90 Å². The Hall–Kier alpha value is -0.960. The Morgan fingerprint density at radius 2 is 2.12 bits per heavy atom. The van der Waals surface area contributed by atoms with Gasteiger partial charge in [-0.25, -0.2) is 4.79 Å². The summed E-state index contributed by atoms with van der Waals surface area (Å²) in [6, 6.07) is 7.26. The molecule has 0 aliphatic heterocycles. The van der Waals surface area contributed by atoms with Crippen LogP contribution in [-0.2, 0) is 5.75 Å². The van der Waals surface area contributed by atoms with E-state index >= 15 is 0 Å². The second kappa shape index (κ2) is 6.10. The third-order valence-corrected chi connectivity index (χ3v) is 4.52. The molecule has 1 aliphatic carbocycles. The minimum atomic E-state index is -0.840. The van der Waals surface area contributed by atoms with Crippen LogP contribution in [0.3, 0.4) is 0 Å². The average molecular weight is 250 g/mol. The molecule has 0 spiro atoms. The first-order chi connectivity index (χ1) is 8.25. The third-order valence-electron chi connectivity index (χ3n) is 3.27. The maximum atomic E-state index is 10.8. The third kappa shape index (κ3) is 3.77. The van der Waals surface area contributed by atoms with Gasteiger partial charge in [-0.3, -0.25) is 0 Å². The number of hydrogen-bond acceptors (Lipinski definition) is 2. The SMILES string of the molecule is O=C(O)c1cccc(CSCC2CCCC2)c1. The minimum Gasteiger partial charge on any atom is -0.478 e. The maximum Gasteiger partial charge on any atom is 0.335 e. The van der Waals surface area contributed by atoms with Crippen molar-refractivity contribution in [1.82, 2.24) is 0 Å². The fraction of sp³-hybridized carbons (Fsp3) is 0.500.